The van der Waals surface area contributed by atoms with Crippen molar-refractivity contribution in [3.8, 4) is 22.5 Å². The van der Waals surface area contributed by atoms with Crippen LogP contribution in [0.2, 0.25) is 0 Å². The van der Waals surface area contributed by atoms with Gasteiger partial charge in [0.1, 0.15) is 5.69 Å². The lowest BCUT2D eigenvalue weighted by molar-refractivity contribution is 0.102. The number of hydrogen-bond donors (Lipinski definition) is 2. The maximum Gasteiger partial charge on any atom is 0.273 e. The summed E-state index contributed by atoms with van der Waals surface area (Å²) in [7, 11) is 0. The van der Waals surface area contributed by atoms with Crippen LogP contribution in [0.15, 0.2) is 66.0 Å². The van der Waals surface area contributed by atoms with Gasteiger partial charge in [-0.15, -0.1) is 11.3 Å². The highest BCUT2D eigenvalue weighted by molar-refractivity contribution is 7.09. The molecule has 1 amide bonds. The Balaban J connectivity index is 1.53. The minimum atomic E-state index is -0.230. The van der Waals surface area contributed by atoms with Crippen molar-refractivity contribution in [1.82, 2.24) is 15.2 Å². The molecule has 4 aromatic rings. The topological polar surface area (TPSA) is 70.7 Å². The lowest BCUT2D eigenvalue weighted by Crippen LogP contribution is -2.12. The van der Waals surface area contributed by atoms with E-state index in [2.05, 4.69) is 20.5 Å². The number of benzene rings is 2. The maximum atomic E-state index is 12.5. The molecular formula is C20H16N4OS. The van der Waals surface area contributed by atoms with Crippen molar-refractivity contribution in [2.24, 2.45) is 0 Å². The van der Waals surface area contributed by atoms with E-state index < -0.39 is 0 Å². The number of thiazole rings is 1. The molecule has 2 N–H and O–H groups in total. The summed E-state index contributed by atoms with van der Waals surface area (Å²) >= 11 is 1.60. The molecule has 2 heterocycles. The summed E-state index contributed by atoms with van der Waals surface area (Å²) in [4.78, 5) is 17.0. The first kappa shape index (κ1) is 16.2. The highest BCUT2D eigenvalue weighted by Crippen LogP contribution is 2.24. The van der Waals surface area contributed by atoms with Crippen molar-refractivity contribution in [1.29, 1.82) is 0 Å². The Labute approximate surface area is 154 Å². The smallest absolute Gasteiger partial charge is 0.273 e. The Morgan fingerprint density at radius 1 is 1.00 bits per heavy atom. The number of aryl methyl sites for hydroxylation is 1. The van der Waals surface area contributed by atoms with Gasteiger partial charge < -0.3 is 5.32 Å². The van der Waals surface area contributed by atoms with Gasteiger partial charge in [0, 0.05) is 22.2 Å². The van der Waals surface area contributed by atoms with Crippen molar-refractivity contribution in [3.05, 3.63) is 76.7 Å². The van der Waals surface area contributed by atoms with Crippen LogP contribution in [0, 0.1) is 6.92 Å². The van der Waals surface area contributed by atoms with Gasteiger partial charge in [-0.05, 0) is 25.1 Å². The zero-order valence-corrected chi connectivity index (χ0v) is 14.9. The van der Waals surface area contributed by atoms with Crippen LogP contribution in [0.3, 0.4) is 0 Å². The average Bonchev–Trinajstić information content (AvgIpc) is 3.32. The molecular weight excluding hydrogens is 344 g/mol. The molecule has 6 heteroatoms. The van der Waals surface area contributed by atoms with E-state index in [1.807, 2.05) is 66.9 Å². The molecule has 0 spiro atoms. The molecule has 0 unspecified atom stereocenters. The molecule has 0 aliphatic carbocycles. The van der Waals surface area contributed by atoms with Crippen LogP contribution in [0.25, 0.3) is 22.5 Å². The minimum absolute atomic E-state index is 0.230. The molecule has 0 atom stereocenters. The summed E-state index contributed by atoms with van der Waals surface area (Å²) in [6.45, 7) is 1.97. The number of H-pyrrole nitrogens is 1. The SMILES string of the molecule is Cc1nc(-c2cccc(NC(=O)c3cc(-c4ccccc4)n[nH]3)c2)cs1. The third-order valence-corrected chi connectivity index (χ3v) is 4.70. The van der Waals surface area contributed by atoms with Gasteiger partial charge in [-0.25, -0.2) is 4.98 Å². The van der Waals surface area contributed by atoms with E-state index in [0.717, 1.165) is 27.5 Å². The molecule has 2 aromatic carbocycles. The fourth-order valence-electron chi connectivity index (χ4n) is 2.65. The van der Waals surface area contributed by atoms with Gasteiger partial charge in [-0.1, -0.05) is 42.5 Å². The number of amides is 1. The zero-order valence-electron chi connectivity index (χ0n) is 14.1. The second-order valence-electron chi connectivity index (χ2n) is 5.82. The molecule has 0 aliphatic heterocycles. The number of aromatic amines is 1. The second-order valence-corrected chi connectivity index (χ2v) is 6.88. The van der Waals surface area contributed by atoms with Gasteiger partial charge in [0.2, 0.25) is 0 Å². The van der Waals surface area contributed by atoms with Crippen molar-refractivity contribution in [2.75, 3.05) is 5.32 Å². The second kappa shape index (κ2) is 6.93. The largest absolute Gasteiger partial charge is 0.321 e. The molecule has 0 bridgehead atoms. The van der Waals surface area contributed by atoms with Crippen LogP contribution < -0.4 is 5.32 Å². The van der Waals surface area contributed by atoms with Crippen LogP contribution in [0.1, 0.15) is 15.5 Å². The number of carbonyl (C=O) groups excluding carboxylic acids is 1. The van der Waals surface area contributed by atoms with Crippen molar-refractivity contribution < 1.29 is 4.79 Å². The van der Waals surface area contributed by atoms with E-state index in [1.54, 1.807) is 17.4 Å². The molecule has 0 saturated heterocycles. The van der Waals surface area contributed by atoms with Crippen molar-refractivity contribution in [2.45, 2.75) is 6.92 Å². The Kier molecular flexibility index (Phi) is 4.33. The number of rotatable bonds is 4. The van der Waals surface area contributed by atoms with E-state index in [9.17, 15) is 4.79 Å². The van der Waals surface area contributed by atoms with Crippen LogP contribution in [-0.4, -0.2) is 21.1 Å². The lowest BCUT2D eigenvalue weighted by Gasteiger charge is -2.05. The summed E-state index contributed by atoms with van der Waals surface area (Å²) in [5, 5.41) is 13.0. The molecule has 0 radical (unpaired) electrons. The normalized spacial score (nSPS) is 10.7. The molecule has 0 aliphatic rings. The monoisotopic (exact) mass is 360 g/mol. The Morgan fingerprint density at radius 2 is 1.81 bits per heavy atom. The number of hydrogen-bond acceptors (Lipinski definition) is 4. The molecule has 26 heavy (non-hydrogen) atoms. The number of anilines is 1. The van der Waals surface area contributed by atoms with E-state index in [1.165, 1.54) is 0 Å². The molecule has 4 rings (SSSR count). The third kappa shape index (κ3) is 3.41. The van der Waals surface area contributed by atoms with Gasteiger partial charge in [0.25, 0.3) is 5.91 Å². The first-order chi connectivity index (χ1) is 12.7. The number of nitrogens with zero attached hydrogens (tertiary/aromatic N) is 2. The van der Waals surface area contributed by atoms with Crippen LogP contribution in [-0.2, 0) is 0 Å². The van der Waals surface area contributed by atoms with Gasteiger partial charge in [-0.2, -0.15) is 5.10 Å². The van der Waals surface area contributed by atoms with Crippen LogP contribution >= 0.6 is 11.3 Å². The highest BCUT2D eigenvalue weighted by atomic mass is 32.1. The molecule has 2 aromatic heterocycles. The predicted octanol–water partition coefficient (Wildman–Crippen LogP) is 4.76. The number of nitrogens with one attached hydrogen (secondary N) is 2. The van der Waals surface area contributed by atoms with E-state index >= 15 is 0 Å². The lowest BCUT2D eigenvalue weighted by atomic mass is 10.1. The Bertz CT molecular complexity index is 1050. The Morgan fingerprint density at radius 3 is 2.58 bits per heavy atom. The van der Waals surface area contributed by atoms with Crippen LogP contribution in [0.4, 0.5) is 5.69 Å². The third-order valence-electron chi connectivity index (χ3n) is 3.93. The van der Waals surface area contributed by atoms with Crippen molar-refractivity contribution >= 4 is 22.9 Å². The summed E-state index contributed by atoms with van der Waals surface area (Å²) in [5.41, 5.74) is 4.72. The van der Waals surface area contributed by atoms with Gasteiger partial charge in [0.05, 0.1) is 16.4 Å². The number of carbonyl (C=O) groups is 1. The van der Waals surface area contributed by atoms with E-state index in [0.29, 0.717) is 11.4 Å². The highest BCUT2D eigenvalue weighted by Gasteiger charge is 2.12. The molecule has 0 fully saturated rings. The average molecular weight is 360 g/mol. The molecule has 0 saturated carbocycles. The maximum absolute atomic E-state index is 12.5. The molecule has 5 nitrogen and oxygen atoms in total. The van der Waals surface area contributed by atoms with Crippen molar-refractivity contribution in [3.63, 3.8) is 0 Å². The fourth-order valence-corrected chi connectivity index (χ4v) is 3.27. The van der Waals surface area contributed by atoms with Gasteiger partial charge >= 0.3 is 0 Å². The minimum Gasteiger partial charge on any atom is -0.321 e. The number of aromatic nitrogens is 3. The molecule has 128 valence electrons. The summed E-state index contributed by atoms with van der Waals surface area (Å²) in [5.74, 6) is -0.230. The van der Waals surface area contributed by atoms with E-state index in [-0.39, 0.29) is 5.91 Å². The predicted molar refractivity (Wildman–Crippen MR) is 104 cm³/mol. The first-order valence-corrected chi connectivity index (χ1v) is 9.02. The van der Waals surface area contributed by atoms with Gasteiger partial charge in [0.15, 0.2) is 0 Å². The van der Waals surface area contributed by atoms with Crippen LogP contribution in [0.5, 0.6) is 0 Å². The summed E-state index contributed by atoms with van der Waals surface area (Å²) in [6, 6.07) is 19.1. The summed E-state index contributed by atoms with van der Waals surface area (Å²) in [6.07, 6.45) is 0. The summed E-state index contributed by atoms with van der Waals surface area (Å²) < 4.78 is 0. The standard InChI is InChI=1S/C20H16N4OS/c1-13-21-19(12-26-13)15-8-5-9-16(10-15)22-20(25)18-11-17(23-24-18)14-6-3-2-4-7-14/h2-12H,1H3,(H,22,25)(H,23,24). The van der Waals surface area contributed by atoms with Gasteiger partial charge in [-0.3, -0.25) is 9.89 Å². The Hall–Kier alpha value is -3.25. The van der Waals surface area contributed by atoms with E-state index in [4.69, 9.17) is 0 Å². The fraction of sp³-hybridized carbons (Fsp3) is 0.0500. The zero-order chi connectivity index (χ0) is 17.9. The first-order valence-electron chi connectivity index (χ1n) is 8.14. The quantitative estimate of drug-likeness (QED) is 0.551.